The molecule has 3 rings (SSSR count). The van der Waals surface area contributed by atoms with E-state index in [2.05, 4.69) is 10.1 Å². The zero-order valence-electron chi connectivity index (χ0n) is 10.3. The largest absolute Gasteiger partial charge is 0.435 e. The molecule has 2 heterocycles. The normalized spacial score (nSPS) is 11.9. The summed E-state index contributed by atoms with van der Waals surface area (Å²) in [7, 11) is 0. The third-order valence-corrected chi connectivity index (χ3v) is 2.91. The van der Waals surface area contributed by atoms with E-state index in [9.17, 15) is 13.2 Å². The van der Waals surface area contributed by atoms with E-state index in [-0.39, 0.29) is 6.54 Å². The van der Waals surface area contributed by atoms with Gasteiger partial charge in [-0.15, -0.1) is 0 Å². The summed E-state index contributed by atoms with van der Waals surface area (Å²) in [5.41, 5.74) is 0.590. The van der Waals surface area contributed by atoms with Crippen molar-refractivity contribution in [3.8, 4) is 0 Å². The van der Waals surface area contributed by atoms with Crippen molar-refractivity contribution < 1.29 is 13.2 Å². The van der Waals surface area contributed by atoms with Crippen molar-refractivity contribution in [1.29, 1.82) is 0 Å². The van der Waals surface area contributed by atoms with E-state index in [1.54, 1.807) is 6.07 Å². The second-order valence-corrected chi connectivity index (χ2v) is 4.39. The van der Waals surface area contributed by atoms with E-state index in [0.29, 0.717) is 5.69 Å². The first-order chi connectivity index (χ1) is 9.52. The predicted molar refractivity (Wildman–Crippen MR) is 68.1 cm³/mol. The molecule has 102 valence electrons. The summed E-state index contributed by atoms with van der Waals surface area (Å²) >= 11 is 0. The molecule has 0 atom stereocenters. The number of halogens is 3. The summed E-state index contributed by atoms with van der Waals surface area (Å²) in [4.78, 5) is 4.40. The van der Waals surface area contributed by atoms with E-state index in [1.807, 2.05) is 30.3 Å². The Kier molecular flexibility index (Phi) is 2.93. The van der Waals surface area contributed by atoms with Gasteiger partial charge in [-0.2, -0.15) is 18.3 Å². The standard InChI is InChI=1S/C14H10F3N3/c15-14(16,17)13-7-8-20(19-13)9-11-6-5-10-3-1-2-4-12(10)18-11/h1-8H,9H2. The van der Waals surface area contributed by atoms with Crippen molar-refractivity contribution in [3.63, 3.8) is 0 Å². The van der Waals surface area contributed by atoms with Crippen LogP contribution in [0.4, 0.5) is 13.2 Å². The van der Waals surface area contributed by atoms with Crippen LogP contribution in [-0.2, 0) is 12.7 Å². The zero-order chi connectivity index (χ0) is 14.2. The topological polar surface area (TPSA) is 30.7 Å². The molecule has 2 aromatic heterocycles. The van der Waals surface area contributed by atoms with Crippen molar-refractivity contribution in [3.05, 3.63) is 60.0 Å². The first-order valence-electron chi connectivity index (χ1n) is 5.98. The van der Waals surface area contributed by atoms with E-state index in [4.69, 9.17) is 0 Å². The lowest BCUT2D eigenvalue weighted by atomic mass is 10.2. The molecule has 0 bridgehead atoms. The Morgan fingerprint density at radius 3 is 2.55 bits per heavy atom. The Balaban J connectivity index is 1.87. The highest BCUT2D eigenvalue weighted by Gasteiger charge is 2.33. The summed E-state index contributed by atoms with van der Waals surface area (Å²) in [6.07, 6.45) is -3.11. The molecule has 0 unspecified atom stereocenters. The molecule has 0 saturated carbocycles. The van der Waals surface area contributed by atoms with Gasteiger partial charge in [0.1, 0.15) is 0 Å². The fourth-order valence-electron chi connectivity index (χ4n) is 1.96. The van der Waals surface area contributed by atoms with Crippen LogP contribution in [-0.4, -0.2) is 14.8 Å². The lowest BCUT2D eigenvalue weighted by Gasteiger charge is -2.04. The minimum Gasteiger partial charge on any atom is -0.266 e. The van der Waals surface area contributed by atoms with Gasteiger partial charge in [-0.3, -0.25) is 9.67 Å². The van der Waals surface area contributed by atoms with E-state index in [1.165, 1.54) is 10.9 Å². The minimum absolute atomic E-state index is 0.209. The molecule has 0 aliphatic rings. The maximum Gasteiger partial charge on any atom is 0.435 e. The lowest BCUT2D eigenvalue weighted by molar-refractivity contribution is -0.141. The summed E-state index contributed by atoms with van der Waals surface area (Å²) in [5, 5.41) is 4.50. The van der Waals surface area contributed by atoms with Gasteiger partial charge in [0.2, 0.25) is 0 Å². The van der Waals surface area contributed by atoms with Gasteiger partial charge in [0.05, 0.1) is 17.8 Å². The van der Waals surface area contributed by atoms with Crippen LogP contribution in [0.15, 0.2) is 48.7 Å². The van der Waals surface area contributed by atoms with Gasteiger partial charge in [-0.05, 0) is 18.2 Å². The molecule has 0 saturated heterocycles. The summed E-state index contributed by atoms with van der Waals surface area (Å²) in [5.74, 6) is 0. The van der Waals surface area contributed by atoms with Crippen molar-refractivity contribution in [2.45, 2.75) is 12.7 Å². The van der Waals surface area contributed by atoms with Gasteiger partial charge >= 0.3 is 6.18 Å². The predicted octanol–water partition coefficient (Wildman–Crippen LogP) is 3.50. The Labute approximate surface area is 112 Å². The summed E-state index contributed by atoms with van der Waals surface area (Å²) in [6, 6.07) is 12.2. The second kappa shape index (κ2) is 4.63. The van der Waals surface area contributed by atoms with Crippen LogP contribution in [0, 0.1) is 0 Å². The van der Waals surface area contributed by atoms with Gasteiger partial charge in [-0.25, -0.2) is 0 Å². The summed E-state index contributed by atoms with van der Waals surface area (Å²) in [6.45, 7) is 0.209. The number of hydrogen-bond donors (Lipinski definition) is 0. The molecular formula is C14H10F3N3. The SMILES string of the molecule is FC(F)(F)c1ccn(Cc2ccc3ccccc3n2)n1. The van der Waals surface area contributed by atoms with Crippen LogP contribution in [0.25, 0.3) is 10.9 Å². The van der Waals surface area contributed by atoms with Crippen LogP contribution in [0.1, 0.15) is 11.4 Å². The zero-order valence-corrected chi connectivity index (χ0v) is 10.3. The number of pyridine rings is 1. The molecule has 0 spiro atoms. The molecule has 0 N–H and O–H groups in total. The molecule has 3 aromatic rings. The van der Waals surface area contributed by atoms with Crippen LogP contribution in [0.2, 0.25) is 0 Å². The number of para-hydroxylation sites is 1. The van der Waals surface area contributed by atoms with Gasteiger partial charge in [0.15, 0.2) is 5.69 Å². The molecule has 20 heavy (non-hydrogen) atoms. The maximum atomic E-state index is 12.5. The Morgan fingerprint density at radius 1 is 1.00 bits per heavy atom. The molecule has 1 aromatic carbocycles. The number of fused-ring (bicyclic) bond motifs is 1. The highest BCUT2D eigenvalue weighted by Crippen LogP contribution is 2.27. The fourth-order valence-corrected chi connectivity index (χ4v) is 1.96. The Bertz CT molecular complexity index is 747. The average molecular weight is 277 g/mol. The third-order valence-electron chi connectivity index (χ3n) is 2.91. The lowest BCUT2D eigenvalue weighted by Crippen LogP contribution is -2.09. The van der Waals surface area contributed by atoms with E-state index < -0.39 is 11.9 Å². The van der Waals surface area contributed by atoms with Crippen LogP contribution in [0.5, 0.6) is 0 Å². The number of hydrogen-bond acceptors (Lipinski definition) is 2. The highest BCUT2D eigenvalue weighted by molar-refractivity contribution is 5.78. The molecule has 0 amide bonds. The third kappa shape index (κ3) is 2.49. The smallest absolute Gasteiger partial charge is 0.266 e. The first kappa shape index (κ1) is 12.7. The molecule has 6 heteroatoms. The molecule has 0 radical (unpaired) electrons. The van der Waals surface area contributed by atoms with Crippen molar-refractivity contribution >= 4 is 10.9 Å². The quantitative estimate of drug-likeness (QED) is 0.717. The van der Waals surface area contributed by atoms with Gasteiger partial charge in [0, 0.05) is 11.6 Å². The molecule has 3 nitrogen and oxygen atoms in total. The number of nitrogens with zero attached hydrogens (tertiary/aromatic N) is 3. The van der Waals surface area contributed by atoms with Crippen LogP contribution in [0.3, 0.4) is 0 Å². The average Bonchev–Trinajstić information content (AvgIpc) is 2.87. The van der Waals surface area contributed by atoms with Gasteiger partial charge < -0.3 is 0 Å². The van der Waals surface area contributed by atoms with E-state index in [0.717, 1.165) is 17.0 Å². The number of alkyl halides is 3. The van der Waals surface area contributed by atoms with Crippen LogP contribution < -0.4 is 0 Å². The molecule has 0 aliphatic heterocycles. The minimum atomic E-state index is -4.41. The summed E-state index contributed by atoms with van der Waals surface area (Å²) < 4.78 is 38.6. The number of aromatic nitrogens is 3. The Hall–Kier alpha value is -2.37. The molecule has 0 fully saturated rings. The second-order valence-electron chi connectivity index (χ2n) is 4.39. The first-order valence-corrected chi connectivity index (χ1v) is 5.98. The van der Waals surface area contributed by atoms with Crippen molar-refractivity contribution in [2.24, 2.45) is 0 Å². The van der Waals surface area contributed by atoms with Crippen molar-refractivity contribution in [2.75, 3.05) is 0 Å². The Morgan fingerprint density at radius 2 is 1.80 bits per heavy atom. The maximum absolute atomic E-state index is 12.5. The van der Waals surface area contributed by atoms with E-state index >= 15 is 0 Å². The fraction of sp³-hybridized carbons (Fsp3) is 0.143. The van der Waals surface area contributed by atoms with Gasteiger partial charge in [-0.1, -0.05) is 24.3 Å². The van der Waals surface area contributed by atoms with Crippen LogP contribution >= 0.6 is 0 Å². The molecule has 0 aliphatic carbocycles. The molecular weight excluding hydrogens is 267 g/mol. The highest BCUT2D eigenvalue weighted by atomic mass is 19.4. The number of rotatable bonds is 2. The monoisotopic (exact) mass is 277 g/mol. The number of benzene rings is 1. The van der Waals surface area contributed by atoms with Crippen molar-refractivity contribution in [1.82, 2.24) is 14.8 Å². The van der Waals surface area contributed by atoms with Gasteiger partial charge in [0.25, 0.3) is 0 Å².